The lowest BCUT2D eigenvalue weighted by molar-refractivity contribution is 0.685. The summed E-state index contributed by atoms with van der Waals surface area (Å²) in [5.41, 5.74) is 3.70. The molecule has 3 heteroatoms. The van der Waals surface area contributed by atoms with Crippen LogP contribution in [0.3, 0.4) is 0 Å². The van der Waals surface area contributed by atoms with E-state index < -0.39 is 0 Å². The van der Waals surface area contributed by atoms with Crippen LogP contribution < -0.4 is 0 Å². The second kappa shape index (κ2) is 4.84. The van der Waals surface area contributed by atoms with Crippen LogP contribution in [-0.4, -0.2) is 14.8 Å². The number of benzene rings is 2. The molecular formula is C15H13N3. The van der Waals surface area contributed by atoms with Gasteiger partial charge in [0.15, 0.2) is 0 Å². The van der Waals surface area contributed by atoms with E-state index in [1.165, 1.54) is 16.7 Å². The first-order valence-electron chi connectivity index (χ1n) is 5.88. The fraction of sp³-hybridized carbons (Fsp3) is 0.0667. The summed E-state index contributed by atoms with van der Waals surface area (Å²) in [6.07, 6.45) is 3.28. The molecule has 3 nitrogen and oxygen atoms in total. The summed E-state index contributed by atoms with van der Waals surface area (Å²) >= 11 is 0. The van der Waals surface area contributed by atoms with Gasteiger partial charge in [-0.15, -0.1) is 0 Å². The van der Waals surface area contributed by atoms with Crippen molar-refractivity contribution >= 4 is 0 Å². The van der Waals surface area contributed by atoms with Gasteiger partial charge in [0.05, 0.1) is 6.54 Å². The van der Waals surface area contributed by atoms with Crippen molar-refractivity contribution < 1.29 is 0 Å². The molecule has 0 aliphatic carbocycles. The minimum Gasteiger partial charge on any atom is -0.249 e. The highest BCUT2D eigenvalue weighted by Gasteiger charge is 1.98. The zero-order valence-corrected chi connectivity index (χ0v) is 9.90. The Morgan fingerprint density at radius 2 is 1.56 bits per heavy atom. The van der Waals surface area contributed by atoms with Crippen molar-refractivity contribution in [3.05, 3.63) is 72.8 Å². The summed E-state index contributed by atoms with van der Waals surface area (Å²) in [4.78, 5) is 3.94. The van der Waals surface area contributed by atoms with Crippen molar-refractivity contribution in [2.75, 3.05) is 0 Å². The van der Waals surface area contributed by atoms with Crippen molar-refractivity contribution in [2.45, 2.75) is 6.54 Å². The summed E-state index contributed by atoms with van der Waals surface area (Å²) in [6, 6.07) is 18.9. The fourth-order valence-electron chi connectivity index (χ4n) is 1.93. The van der Waals surface area contributed by atoms with Crippen molar-refractivity contribution in [3.8, 4) is 11.1 Å². The van der Waals surface area contributed by atoms with Crippen LogP contribution in [0.5, 0.6) is 0 Å². The van der Waals surface area contributed by atoms with Gasteiger partial charge in [-0.2, -0.15) is 5.10 Å². The number of nitrogens with zero attached hydrogens (tertiary/aromatic N) is 3. The normalized spacial score (nSPS) is 10.4. The van der Waals surface area contributed by atoms with E-state index in [1.807, 2.05) is 10.7 Å². The van der Waals surface area contributed by atoms with Crippen molar-refractivity contribution in [3.63, 3.8) is 0 Å². The molecule has 0 fully saturated rings. The number of aromatic nitrogens is 3. The maximum absolute atomic E-state index is 4.10. The van der Waals surface area contributed by atoms with E-state index >= 15 is 0 Å². The Balaban J connectivity index is 1.81. The van der Waals surface area contributed by atoms with Crippen LogP contribution in [0, 0.1) is 0 Å². The molecule has 18 heavy (non-hydrogen) atoms. The van der Waals surface area contributed by atoms with Crippen LogP contribution in [0.1, 0.15) is 5.56 Å². The van der Waals surface area contributed by atoms with E-state index in [9.17, 15) is 0 Å². The van der Waals surface area contributed by atoms with Gasteiger partial charge < -0.3 is 0 Å². The third-order valence-corrected chi connectivity index (χ3v) is 2.87. The summed E-state index contributed by atoms with van der Waals surface area (Å²) in [7, 11) is 0. The highest BCUT2D eigenvalue weighted by atomic mass is 15.3. The Labute approximate surface area is 106 Å². The second-order valence-corrected chi connectivity index (χ2v) is 4.16. The van der Waals surface area contributed by atoms with Gasteiger partial charge in [-0.05, 0) is 16.7 Å². The van der Waals surface area contributed by atoms with Gasteiger partial charge in [0.25, 0.3) is 0 Å². The highest BCUT2D eigenvalue weighted by Crippen LogP contribution is 2.19. The summed E-state index contributed by atoms with van der Waals surface area (Å²) < 4.78 is 1.82. The van der Waals surface area contributed by atoms with Crippen LogP contribution in [0.4, 0.5) is 0 Å². The molecule has 3 aromatic rings. The topological polar surface area (TPSA) is 30.7 Å². The average Bonchev–Trinajstić information content (AvgIpc) is 2.94. The number of hydrogen-bond donors (Lipinski definition) is 0. The van der Waals surface area contributed by atoms with Crippen LogP contribution in [0.15, 0.2) is 67.3 Å². The molecule has 0 amide bonds. The molecule has 0 aliphatic rings. The predicted molar refractivity (Wildman–Crippen MR) is 71.0 cm³/mol. The van der Waals surface area contributed by atoms with Crippen LogP contribution in [0.25, 0.3) is 11.1 Å². The largest absolute Gasteiger partial charge is 0.249 e. The monoisotopic (exact) mass is 235 g/mol. The SMILES string of the molecule is c1ccc(-c2ccc(Cn3cncn3)cc2)cc1. The molecule has 0 N–H and O–H groups in total. The molecule has 2 aromatic carbocycles. The molecule has 0 saturated carbocycles. The Kier molecular flexibility index (Phi) is 2.88. The summed E-state index contributed by atoms with van der Waals surface area (Å²) in [5, 5.41) is 4.10. The second-order valence-electron chi connectivity index (χ2n) is 4.16. The van der Waals surface area contributed by atoms with Gasteiger partial charge in [-0.1, -0.05) is 54.6 Å². The third kappa shape index (κ3) is 2.30. The van der Waals surface area contributed by atoms with Gasteiger partial charge in [-0.3, -0.25) is 0 Å². The van der Waals surface area contributed by atoms with E-state index in [0.29, 0.717) is 0 Å². The minimum atomic E-state index is 0.759. The smallest absolute Gasteiger partial charge is 0.137 e. The molecule has 0 aliphatic heterocycles. The van der Waals surface area contributed by atoms with Crippen molar-refractivity contribution in [1.29, 1.82) is 0 Å². The van der Waals surface area contributed by atoms with Crippen LogP contribution >= 0.6 is 0 Å². The molecular weight excluding hydrogens is 222 g/mol. The summed E-state index contributed by atoms with van der Waals surface area (Å²) in [6.45, 7) is 0.759. The van der Waals surface area contributed by atoms with Gasteiger partial charge in [0, 0.05) is 0 Å². The first kappa shape index (κ1) is 10.7. The predicted octanol–water partition coefficient (Wildman–Crippen LogP) is 2.99. The molecule has 88 valence electrons. The molecule has 0 unspecified atom stereocenters. The van der Waals surface area contributed by atoms with Gasteiger partial charge >= 0.3 is 0 Å². The van der Waals surface area contributed by atoms with E-state index in [0.717, 1.165) is 6.54 Å². The van der Waals surface area contributed by atoms with E-state index in [2.05, 4.69) is 58.6 Å². The lowest BCUT2D eigenvalue weighted by Crippen LogP contribution is -1.99. The zero-order valence-electron chi connectivity index (χ0n) is 9.90. The number of rotatable bonds is 3. The molecule has 0 atom stereocenters. The molecule has 0 spiro atoms. The van der Waals surface area contributed by atoms with E-state index in [1.54, 1.807) is 12.7 Å². The quantitative estimate of drug-likeness (QED) is 0.698. The Hall–Kier alpha value is -2.42. The minimum absolute atomic E-state index is 0.759. The standard InChI is InChI=1S/C15H13N3/c1-2-4-14(5-3-1)15-8-6-13(7-9-15)10-18-12-16-11-17-18/h1-9,11-12H,10H2. The number of hydrogen-bond acceptors (Lipinski definition) is 2. The molecule has 0 saturated heterocycles. The first-order valence-corrected chi connectivity index (χ1v) is 5.88. The maximum atomic E-state index is 4.10. The maximum Gasteiger partial charge on any atom is 0.137 e. The fourth-order valence-corrected chi connectivity index (χ4v) is 1.93. The van der Waals surface area contributed by atoms with E-state index in [-0.39, 0.29) is 0 Å². The molecule has 1 aromatic heterocycles. The third-order valence-electron chi connectivity index (χ3n) is 2.87. The summed E-state index contributed by atoms with van der Waals surface area (Å²) in [5.74, 6) is 0. The van der Waals surface area contributed by atoms with Gasteiger partial charge in [0.1, 0.15) is 12.7 Å². The van der Waals surface area contributed by atoms with Crippen molar-refractivity contribution in [2.24, 2.45) is 0 Å². The van der Waals surface area contributed by atoms with E-state index in [4.69, 9.17) is 0 Å². The highest BCUT2D eigenvalue weighted by molar-refractivity contribution is 5.63. The average molecular weight is 235 g/mol. The first-order chi connectivity index (χ1) is 8.92. The Bertz CT molecular complexity index is 598. The molecule has 3 rings (SSSR count). The molecule has 0 radical (unpaired) electrons. The van der Waals surface area contributed by atoms with Crippen LogP contribution in [-0.2, 0) is 6.54 Å². The van der Waals surface area contributed by atoms with Gasteiger partial charge in [-0.25, -0.2) is 9.67 Å². The lowest BCUT2D eigenvalue weighted by atomic mass is 10.0. The molecule has 1 heterocycles. The Morgan fingerprint density at radius 3 is 2.22 bits per heavy atom. The van der Waals surface area contributed by atoms with Gasteiger partial charge in [0.2, 0.25) is 0 Å². The van der Waals surface area contributed by atoms with Crippen LogP contribution in [0.2, 0.25) is 0 Å². The van der Waals surface area contributed by atoms with Crippen molar-refractivity contribution in [1.82, 2.24) is 14.8 Å². The Morgan fingerprint density at radius 1 is 0.833 bits per heavy atom. The molecule has 0 bridgehead atoms. The lowest BCUT2D eigenvalue weighted by Gasteiger charge is -2.04. The zero-order chi connectivity index (χ0) is 12.2.